The molecule has 2 amide bonds. The Kier molecular flexibility index (Phi) is 5.03. The van der Waals surface area contributed by atoms with Gasteiger partial charge in [0.15, 0.2) is 11.5 Å². The molecule has 1 aliphatic carbocycles. The van der Waals surface area contributed by atoms with Crippen LogP contribution in [0.25, 0.3) is 0 Å². The molecule has 0 unspecified atom stereocenters. The second kappa shape index (κ2) is 6.97. The van der Waals surface area contributed by atoms with E-state index in [0.717, 1.165) is 12.8 Å². The molecule has 1 aromatic carbocycles. The van der Waals surface area contributed by atoms with Gasteiger partial charge in [0.1, 0.15) is 0 Å². The Morgan fingerprint density at radius 2 is 2.05 bits per heavy atom. The third-order valence-corrected chi connectivity index (χ3v) is 3.08. The highest BCUT2D eigenvalue weighted by molar-refractivity contribution is 5.97. The number of rotatable bonds is 7. The van der Waals surface area contributed by atoms with Gasteiger partial charge >= 0.3 is 0 Å². The first-order chi connectivity index (χ1) is 10.1. The SMILES string of the molecule is CCOc1ccc(C(=O)NCC(=O)NC2CC2)cc1OC. The van der Waals surface area contributed by atoms with Crippen molar-refractivity contribution in [3.05, 3.63) is 23.8 Å². The molecule has 1 aromatic rings. The Bertz CT molecular complexity index is 526. The summed E-state index contributed by atoms with van der Waals surface area (Å²) in [7, 11) is 1.52. The molecule has 1 fully saturated rings. The van der Waals surface area contributed by atoms with Crippen molar-refractivity contribution in [1.82, 2.24) is 10.6 Å². The molecule has 0 atom stereocenters. The molecular weight excluding hydrogens is 272 g/mol. The minimum atomic E-state index is -0.317. The lowest BCUT2D eigenvalue weighted by Crippen LogP contribution is -2.37. The quantitative estimate of drug-likeness (QED) is 0.789. The highest BCUT2D eigenvalue weighted by Gasteiger charge is 2.23. The molecule has 0 bridgehead atoms. The first-order valence-electron chi connectivity index (χ1n) is 7.02. The number of hydrogen-bond acceptors (Lipinski definition) is 4. The average Bonchev–Trinajstić information content (AvgIpc) is 3.29. The zero-order valence-electron chi connectivity index (χ0n) is 12.3. The zero-order chi connectivity index (χ0) is 15.2. The molecule has 2 N–H and O–H groups in total. The van der Waals surface area contributed by atoms with E-state index in [1.54, 1.807) is 18.2 Å². The predicted octanol–water partition coefficient (Wildman–Crippen LogP) is 1.10. The van der Waals surface area contributed by atoms with Crippen molar-refractivity contribution in [1.29, 1.82) is 0 Å². The van der Waals surface area contributed by atoms with Gasteiger partial charge in [0.2, 0.25) is 5.91 Å². The van der Waals surface area contributed by atoms with Crippen LogP contribution in [0.1, 0.15) is 30.1 Å². The van der Waals surface area contributed by atoms with E-state index in [0.29, 0.717) is 29.7 Å². The van der Waals surface area contributed by atoms with E-state index in [2.05, 4.69) is 10.6 Å². The monoisotopic (exact) mass is 292 g/mol. The first kappa shape index (κ1) is 15.2. The van der Waals surface area contributed by atoms with Crippen LogP contribution >= 0.6 is 0 Å². The number of carbonyl (C=O) groups is 2. The molecule has 0 radical (unpaired) electrons. The summed E-state index contributed by atoms with van der Waals surface area (Å²) in [6.45, 7) is 2.37. The van der Waals surface area contributed by atoms with Gasteiger partial charge in [0, 0.05) is 11.6 Å². The fourth-order valence-electron chi connectivity index (χ4n) is 1.85. The maximum absolute atomic E-state index is 12.0. The van der Waals surface area contributed by atoms with E-state index in [1.807, 2.05) is 6.92 Å². The standard InChI is InChI=1S/C15H20N2O4/c1-3-21-12-7-4-10(8-13(12)20-2)15(19)16-9-14(18)17-11-5-6-11/h4,7-8,11H,3,5-6,9H2,1-2H3,(H,16,19)(H,17,18). The highest BCUT2D eigenvalue weighted by atomic mass is 16.5. The number of ether oxygens (including phenoxy) is 2. The molecular formula is C15H20N2O4. The number of hydrogen-bond donors (Lipinski definition) is 2. The number of benzene rings is 1. The van der Waals surface area contributed by atoms with Gasteiger partial charge in [-0.1, -0.05) is 0 Å². The fraction of sp³-hybridized carbons (Fsp3) is 0.467. The summed E-state index contributed by atoms with van der Waals surface area (Å²) in [6, 6.07) is 5.21. The molecule has 6 nitrogen and oxygen atoms in total. The van der Waals surface area contributed by atoms with E-state index < -0.39 is 0 Å². The molecule has 0 heterocycles. The van der Waals surface area contributed by atoms with Crippen LogP contribution in [0.2, 0.25) is 0 Å². The third kappa shape index (κ3) is 4.37. The minimum absolute atomic E-state index is 0.0230. The van der Waals surface area contributed by atoms with Crippen LogP contribution in [0.15, 0.2) is 18.2 Å². The van der Waals surface area contributed by atoms with Gasteiger partial charge in [-0.25, -0.2) is 0 Å². The third-order valence-electron chi connectivity index (χ3n) is 3.08. The van der Waals surface area contributed by atoms with Crippen LogP contribution in [0.4, 0.5) is 0 Å². The van der Waals surface area contributed by atoms with E-state index in [-0.39, 0.29) is 18.4 Å². The normalized spacial score (nSPS) is 13.4. The van der Waals surface area contributed by atoms with Crippen molar-refractivity contribution in [2.24, 2.45) is 0 Å². The van der Waals surface area contributed by atoms with Crippen molar-refractivity contribution < 1.29 is 19.1 Å². The summed E-state index contributed by atoms with van der Waals surface area (Å²) in [5.74, 6) is 0.598. The Labute approximate surface area is 123 Å². The molecule has 6 heteroatoms. The lowest BCUT2D eigenvalue weighted by Gasteiger charge is -2.11. The summed E-state index contributed by atoms with van der Waals surface area (Å²) >= 11 is 0. The second-order valence-electron chi connectivity index (χ2n) is 4.82. The van der Waals surface area contributed by atoms with Crippen molar-refractivity contribution in [3.8, 4) is 11.5 Å². The Morgan fingerprint density at radius 1 is 1.29 bits per heavy atom. The highest BCUT2D eigenvalue weighted by Crippen LogP contribution is 2.27. The lowest BCUT2D eigenvalue weighted by atomic mass is 10.2. The zero-order valence-corrected chi connectivity index (χ0v) is 12.3. The second-order valence-corrected chi connectivity index (χ2v) is 4.82. The van der Waals surface area contributed by atoms with Crippen molar-refractivity contribution >= 4 is 11.8 Å². The summed E-state index contributed by atoms with van der Waals surface area (Å²) in [4.78, 5) is 23.5. The Morgan fingerprint density at radius 3 is 2.67 bits per heavy atom. The molecule has 0 aromatic heterocycles. The first-order valence-corrected chi connectivity index (χ1v) is 7.02. The number of methoxy groups -OCH3 is 1. The Balaban J connectivity index is 1.93. The topological polar surface area (TPSA) is 76.7 Å². The van der Waals surface area contributed by atoms with Crippen LogP contribution in [0.3, 0.4) is 0 Å². The van der Waals surface area contributed by atoms with Crippen molar-refractivity contribution in [2.45, 2.75) is 25.8 Å². The van der Waals surface area contributed by atoms with Crippen LogP contribution in [0, 0.1) is 0 Å². The molecule has 1 aliphatic rings. The van der Waals surface area contributed by atoms with E-state index in [1.165, 1.54) is 7.11 Å². The van der Waals surface area contributed by atoms with Crippen LogP contribution in [0.5, 0.6) is 11.5 Å². The molecule has 0 aliphatic heterocycles. The van der Waals surface area contributed by atoms with E-state index in [9.17, 15) is 9.59 Å². The van der Waals surface area contributed by atoms with Crippen LogP contribution in [-0.2, 0) is 4.79 Å². The van der Waals surface area contributed by atoms with Gasteiger partial charge in [0.25, 0.3) is 5.91 Å². The average molecular weight is 292 g/mol. The minimum Gasteiger partial charge on any atom is -0.493 e. The Hall–Kier alpha value is -2.24. The summed E-state index contributed by atoms with van der Waals surface area (Å²) < 4.78 is 10.6. The van der Waals surface area contributed by atoms with Gasteiger partial charge in [-0.3, -0.25) is 9.59 Å². The molecule has 21 heavy (non-hydrogen) atoms. The molecule has 114 valence electrons. The van der Waals surface area contributed by atoms with Gasteiger partial charge in [-0.2, -0.15) is 0 Å². The smallest absolute Gasteiger partial charge is 0.251 e. The van der Waals surface area contributed by atoms with Gasteiger partial charge < -0.3 is 20.1 Å². The number of amides is 2. The maximum Gasteiger partial charge on any atom is 0.251 e. The van der Waals surface area contributed by atoms with Gasteiger partial charge in [-0.05, 0) is 38.0 Å². The molecule has 2 rings (SSSR count). The van der Waals surface area contributed by atoms with Crippen LogP contribution < -0.4 is 20.1 Å². The van der Waals surface area contributed by atoms with Crippen molar-refractivity contribution in [2.75, 3.05) is 20.3 Å². The molecule has 0 spiro atoms. The lowest BCUT2D eigenvalue weighted by molar-refractivity contribution is -0.120. The number of carbonyl (C=O) groups excluding carboxylic acids is 2. The van der Waals surface area contributed by atoms with Crippen LogP contribution in [-0.4, -0.2) is 38.1 Å². The van der Waals surface area contributed by atoms with Gasteiger partial charge in [0.05, 0.1) is 20.3 Å². The summed E-state index contributed by atoms with van der Waals surface area (Å²) in [5, 5.41) is 5.40. The van der Waals surface area contributed by atoms with Gasteiger partial charge in [-0.15, -0.1) is 0 Å². The number of nitrogens with one attached hydrogen (secondary N) is 2. The van der Waals surface area contributed by atoms with Crippen molar-refractivity contribution in [3.63, 3.8) is 0 Å². The fourth-order valence-corrected chi connectivity index (χ4v) is 1.85. The molecule has 1 saturated carbocycles. The summed E-state index contributed by atoms with van der Waals surface area (Å²) in [5.41, 5.74) is 0.425. The van der Waals surface area contributed by atoms with E-state index >= 15 is 0 Å². The molecule has 0 saturated heterocycles. The predicted molar refractivity (Wildman–Crippen MR) is 77.7 cm³/mol. The largest absolute Gasteiger partial charge is 0.493 e. The summed E-state index contributed by atoms with van der Waals surface area (Å²) in [6.07, 6.45) is 2.05. The maximum atomic E-state index is 12.0. The van der Waals surface area contributed by atoms with E-state index in [4.69, 9.17) is 9.47 Å².